The molecule has 2 atom stereocenters. The van der Waals surface area contributed by atoms with Gasteiger partial charge in [0.15, 0.2) is 17.3 Å². The Morgan fingerprint density at radius 3 is 2.85 bits per heavy atom. The Balaban J connectivity index is 1.16. The second-order valence-corrected chi connectivity index (χ2v) is 9.71. The first-order valence-corrected chi connectivity index (χ1v) is 11.8. The SMILES string of the molecule is CC1CN(Cc2nc3ccccn3n2)CC1C1=NC2=CN(C3CCC(F)CC3)CN2C(=O)N1. The first-order valence-electron chi connectivity index (χ1n) is 11.8. The van der Waals surface area contributed by atoms with Gasteiger partial charge in [0, 0.05) is 37.4 Å². The number of amides is 2. The number of nitrogens with zero attached hydrogens (tertiary/aromatic N) is 7. The van der Waals surface area contributed by atoms with Crippen molar-refractivity contribution in [2.75, 3.05) is 19.8 Å². The minimum atomic E-state index is -0.686. The number of fused-ring (bicyclic) bond motifs is 2. The summed E-state index contributed by atoms with van der Waals surface area (Å²) in [7, 11) is 0. The van der Waals surface area contributed by atoms with Crippen molar-refractivity contribution in [2.24, 2.45) is 16.8 Å². The van der Waals surface area contributed by atoms with E-state index in [0.717, 1.165) is 43.2 Å². The zero-order valence-electron chi connectivity index (χ0n) is 18.8. The summed E-state index contributed by atoms with van der Waals surface area (Å²) >= 11 is 0. The lowest BCUT2D eigenvalue weighted by Crippen LogP contribution is -2.50. The molecule has 0 spiro atoms. The third-order valence-corrected chi connectivity index (χ3v) is 7.36. The molecule has 5 heterocycles. The van der Waals surface area contributed by atoms with E-state index in [1.165, 1.54) is 0 Å². The average Bonchev–Trinajstić information content (AvgIpc) is 3.50. The lowest BCUT2D eigenvalue weighted by atomic mass is 9.93. The van der Waals surface area contributed by atoms with Crippen LogP contribution in [0.15, 0.2) is 41.4 Å². The van der Waals surface area contributed by atoms with Gasteiger partial charge in [-0.25, -0.2) is 23.7 Å². The van der Waals surface area contributed by atoms with Crippen molar-refractivity contribution in [1.29, 1.82) is 0 Å². The van der Waals surface area contributed by atoms with Crippen LogP contribution in [-0.4, -0.2) is 73.1 Å². The highest BCUT2D eigenvalue weighted by molar-refractivity contribution is 6.02. The number of hydrogen-bond acceptors (Lipinski definition) is 6. The minimum absolute atomic E-state index is 0.124. The Morgan fingerprint density at radius 2 is 2.03 bits per heavy atom. The van der Waals surface area contributed by atoms with Crippen LogP contribution in [0.4, 0.5) is 9.18 Å². The van der Waals surface area contributed by atoms with Crippen LogP contribution >= 0.6 is 0 Å². The van der Waals surface area contributed by atoms with E-state index in [0.29, 0.717) is 37.8 Å². The Morgan fingerprint density at radius 1 is 1.18 bits per heavy atom. The standard InChI is InChI=1S/C23H29FN8O/c1-15-10-29(12-19-25-20-4-2-3-9-32(20)28-19)11-18(15)22-26-21-13-30(14-31(21)23(33)27-22)17-7-5-16(24)6-8-17/h2-4,9,13,15-18H,5-8,10-12,14H2,1H3,(H,26,27,33). The summed E-state index contributed by atoms with van der Waals surface area (Å²) in [4.78, 5) is 28.5. The molecule has 1 saturated heterocycles. The molecule has 2 unspecified atom stereocenters. The van der Waals surface area contributed by atoms with Crippen molar-refractivity contribution in [3.63, 3.8) is 0 Å². The van der Waals surface area contributed by atoms with Gasteiger partial charge in [-0.05, 0) is 43.7 Å². The molecular formula is C23H29FN8O. The molecule has 2 aromatic heterocycles. The van der Waals surface area contributed by atoms with Crippen molar-refractivity contribution in [3.8, 4) is 0 Å². The van der Waals surface area contributed by atoms with Crippen molar-refractivity contribution >= 4 is 17.5 Å². The van der Waals surface area contributed by atoms with Crippen molar-refractivity contribution in [2.45, 2.75) is 51.4 Å². The van der Waals surface area contributed by atoms with E-state index in [1.807, 2.05) is 30.6 Å². The molecule has 4 aliphatic rings. The predicted molar refractivity (Wildman–Crippen MR) is 121 cm³/mol. The fraction of sp³-hybridized carbons (Fsp3) is 0.565. The maximum atomic E-state index is 13.5. The summed E-state index contributed by atoms with van der Waals surface area (Å²) in [5, 5.41) is 7.61. The number of carbonyl (C=O) groups is 1. The van der Waals surface area contributed by atoms with Crippen molar-refractivity contribution in [1.82, 2.24) is 34.6 Å². The topological polar surface area (TPSA) is 81.4 Å². The fourth-order valence-electron chi connectivity index (χ4n) is 5.54. The van der Waals surface area contributed by atoms with Crippen LogP contribution < -0.4 is 5.32 Å². The highest BCUT2D eigenvalue weighted by Gasteiger charge is 2.40. The monoisotopic (exact) mass is 452 g/mol. The van der Waals surface area contributed by atoms with Crippen LogP contribution in [0.5, 0.6) is 0 Å². The number of pyridine rings is 1. The van der Waals surface area contributed by atoms with Crippen LogP contribution in [0, 0.1) is 11.8 Å². The molecule has 174 valence electrons. The zero-order valence-corrected chi connectivity index (χ0v) is 18.8. The van der Waals surface area contributed by atoms with E-state index in [9.17, 15) is 9.18 Å². The number of rotatable bonds is 4. The molecule has 0 aromatic carbocycles. The number of carbonyl (C=O) groups excluding carboxylic acids is 1. The predicted octanol–water partition coefficient (Wildman–Crippen LogP) is 2.57. The van der Waals surface area contributed by atoms with Crippen LogP contribution in [0.1, 0.15) is 38.4 Å². The highest BCUT2D eigenvalue weighted by atomic mass is 19.1. The van der Waals surface area contributed by atoms with E-state index in [1.54, 1.807) is 9.42 Å². The van der Waals surface area contributed by atoms with E-state index >= 15 is 0 Å². The lowest BCUT2D eigenvalue weighted by molar-refractivity contribution is 0.138. The van der Waals surface area contributed by atoms with Crippen LogP contribution in [0.25, 0.3) is 5.65 Å². The van der Waals surface area contributed by atoms with Gasteiger partial charge in [-0.3, -0.25) is 15.1 Å². The second kappa shape index (κ2) is 8.09. The molecule has 3 aliphatic heterocycles. The van der Waals surface area contributed by atoms with Crippen LogP contribution in [-0.2, 0) is 6.54 Å². The number of halogens is 1. The smallest absolute Gasteiger partial charge is 0.329 e. The maximum Gasteiger partial charge on any atom is 0.329 e. The van der Waals surface area contributed by atoms with Crippen molar-refractivity contribution < 1.29 is 9.18 Å². The van der Waals surface area contributed by atoms with Crippen LogP contribution in [0.3, 0.4) is 0 Å². The number of aliphatic imine (C=N–C) groups is 1. The van der Waals surface area contributed by atoms with E-state index < -0.39 is 6.17 Å². The molecule has 0 radical (unpaired) electrons. The number of urea groups is 1. The van der Waals surface area contributed by atoms with Gasteiger partial charge in [-0.2, -0.15) is 0 Å². The number of alkyl halides is 1. The Labute approximate surface area is 192 Å². The molecule has 1 saturated carbocycles. The first-order chi connectivity index (χ1) is 16.0. The fourth-order valence-corrected chi connectivity index (χ4v) is 5.54. The highest BCUT2D eigenvalue weighted by Crippen LogP contribution is 2.32. The molecule has 2 fully saturated rings. The summed E-state index contributed by atoms with van der Waals surface area (Å²) < 4.78 is 15.3. The van der Waals surface area contributed by atoms with E-state index in [4.69, 9.17) is 4.99 Å². The summed E-state index contributed by atoms with van der Waals surface area (Å²) in [6, 6.07) is 6.00. The molecule has 33 heavy (non-hydrogen) atoms. The largest absolute Gasteiger partial charge is 0.353 e. The first kappa shape index (κ1) is 20.6. The zero-order chi connectivity index (χ0) is 22.5. The van der Waals surface area contributed by atoms with E-state index in [2.05, 4.69) is 32.1 Å². The molecule has 1 N–H and O–H groups in total. The minimum Gasteiger partial charge on any atom is -0.353 e. The molecule has 2 amide bonds. The average molecular weight is 453 g/mol. The summed E-state index contributed by atoms with van der Waals surface area (Å²) in [5.74, 6) is 2.74. The Kier molecular flexibility index (Phi) is 5.05. The normalized spacial score (nSPS) is 30.4. The molecule has 9 nitrogen and oxygen atoms in total. The number of aromatic nitrogens is 3. The van der Waals surface area contributed by atoms with Gasteiger partial charge in [-0.15, -0.1) is 5.10 Å². The van der Waals surface area contributed by atoms with Gasteiger partial charge in [-0.1, -0.05) is 13.0 Å². The van der Waals surface area contributed by atoms with Crippen molar-refractivity contribution in [3.05, 3.63) is 42.2 Å². The van der Waals surface area contributed by atoms with E-state index in [-0.39, 0.29) is 18.0 Å². The molecular weight excluding hydrogens is 423 g/mol. The molecule has 10 heteroatoms. The Hall–Kier alpha value is -3.01. The van der Waals surface area contributed by atoms with Gasteiger partial charge in [0.1, 0.15) is 18.7 Å². The van der Waals surface area contributed by atoms with Gasteiger partial charge in [0.2, 0.25) is 0 Å². The number of nitrogens with one attached hydrogen (secondary N) is 1. The molecule has 2 aromatic rings. The third-order valence-electron chi connectivity index (χ3n) is 7.36. The molecule has 6 rings (SSSR count). The van der Waals surface area contributed by atoms with Gasteiger partial charge >= 0.3 is 6.03 Å². The summed E-state index contributed by atoms with van der Waals surface area (Å²) in [6.45, 7) is 5.06. The summed E-state index contributed by atoms with van der Waals surface area (Å²) in [5.41, 5.74) is 0.845. The van der Waals surface area contributed by atoms with Crippen LogP contribution in [0.2, 0.25) is 0 Å². The Bertz CT molecular complexity index is 1090. The number of hydrogen-bond donors (Lipinski definition) is 1. The third kappa shape index (κ3) is 3.86. The molecule has 1 aliphatic carbocycles. The second-order valence-electron chi connectivity index (χ2n) is 9.71. The van der Waals surface area contributed by atoms with Gasteiger partial charge in [0.25, 0.3) is 0 Å². The number of amidine groups is 1. The van der Waals surface area contributed by atoms with Gasteiger partial charge in [0.05, 0.1) is 6.54 Å². The lowest BCUT2D eigenvalue weighted by Gasteiger charge is -2.33. The quantitative estimate of drug-likeness (QED) is 0.771. The maximum absolute atomic E-state index is 13.5. The molecule has 0 bridgehead atoms. The number of likely N-dealkylation sites (tertiary alicyclic amines) is 1. The summed E-state index contributed by atoms with van der Waals surface area (Å²) in [6.07, 6.45) is 6.05. The van der Waals surface area contributed by atoms with Gasteiger partial charge < -0.3 is 4.90 Å².